The van der Waals surface area contributed by atoms with Crippen molar-refractivity contribution in [2.24, 2.45) is 0 Å². The zero-order valence-corrected chi connectivity index (χ0v) is 18.0. The highest BCUT2D eigenvalue weighted by Gasteiger charge is 2.30. The molecule has 0 radical (unpaired) electrons. The summed E-state index contributed by atoms with van der Waals surface area (Å²) in [4.78, 5) is 22.3. The van der Waals surface area contributed by atoms with Crippen LogP contribution in [0, 0.1) is 6.92 Å². The molecule has 1 aliphatic carbocycles. The van der Waals surface area contributed by atoms with Gasteiger partial charge in [-0.2, -0.15) is 5.10 Å². The maximum Gasteiger partial charge on any atom is 0.228 e. The van der Waals surface area contributed by atoms with Crippen LogP contribution >= 0.6 is 11.3 Å². The Hall–Kier alpha value is -2.58. The minimum absolute atomic E-state index is 0.0815. The van der Waals surface area contributed by atoms with Crippen molar-refractivity contribution in [3.8, 4) is 21.8 Å². The van der Waals surface area contributed by atoms with Crippen LogP contribution in [0.15, 0.2) is 18.3 Å². The van der Waals surface area contributed by atoms with Crippen LogP contribution in [0.25, 0.3) is 21.8 Å². The van der Waals surface area contributed by atoms with E-state index in [1.54, 1.807) is 7.11 Å². The standard InChI is InChI=1S/C21H25N5O2S/c1-12(2)26-19-15(18(25-26)14-6-5-13(3)22-11-14)7-8-16-20(19)29-21(23-16)24-17(27)9-10-28-4/h5-6,11-12H,7-10H2,1-4H3,(H,23,24,27). The number of rotatable bonds is 6. The van der Waals surface area contributed by atoms with E-state index in [1.165, 1.54) is 16.9 Å². The third-order valence-corrected chi connectivity index (χ3v) is 6.01. The maximum absolute atomic E-state index is 12.1. The van der Waals surface area contributed by atoms with Gasteiger partial charge >= 0.3 is 0 Å². The number of pyridine rings is 1. The number of ether oxygens (including phenoxy) is 1. The number of carbonyl (C=O) groups is 1. The van der Waals surface area contributed by atoms with Crippen molar-refractivity contribution in [2.45, 2.75) is 46.1 Å². The fourth-order valence-electron chi connectivity index (χ4n) is 3.54. The van der Waals surface area contributed by atoms with Gasteiger partial charge in [-0.3, -0.25) is 14.5 Å². The molecule has 29 heavy (non-hydrogen) atoms. The van der Waals surface area contributed by atoms with E-state index < -0.39 is 0 Å². The summed E-state index contributed by atoms with van der Waals surface area (Å²) >= 11 is 1.52. The molecule has 7 nitrogen and oxygen atoms in total. The average Bonchev–Trinajstić information content (AvgIpc) is 3.27. The first-order valence-corrected chi connectivity index (χ1v) is 10.6. The van der Waals surface area contributed by atoms with Gasteiger partial charge in [0, 0.05) is 36.2 Å². The second kappa shape index (κ2) is 8.04. The summed E-state index contributed by atoms with van der Waals surface area (Å²) < 4.78 is 7.06. The van der Waals surface area contributed by atoms with Crippen LogP contribution in [0.4, 0.5) is 5.13 Å². The lowest BCUT2D eigenvalue weighted by atomic mass is 9.95. The van der Waals surface area contributed by atoms with E-state index in [9.17, 15) is 4.79 Å². The molecule has 0 atom stereocenters. The van der Waals surface area contributed by atoms with Gasteiger partial charge in [0.15, 0.2) is 5.13 Å². The van der Waals surface area contributed by atoms with E-state index in [4.69, 9.17) is 9.84 Å². The number of aryl methyl sites for hydroxylation is 2. The number of hydrogen-bond acceptors (Lipinski definition) is 6. The van der Waals surface area contributed by atoms with Crippen LogP contribution in [0.5, 0.6) is 0 Å². The fourth-order valence-corrected chi connectivity index (χ4v) is 4.63. The highest BCUT2D eigenvalue weighted by molar-refractivity contribution is 7.19. The molecule has 0 bridgehead atoms. The molecule has 1 amide bonds. The molecule has 8 heteroatoms. The predicted molar refractivity (Wildman–Crippen MR) is 114 cm³/mol. The summed E-state index contributed by atoms with van der Waals surface area (Å²) in [6.45, 7) is 6.65. The van der Waals surface area contributed by atoms with E-state index in [1.807, 2.05) is 19.2 Å². The van der Waals surface area contributed by atoms with Crippen molar-refractivity contribution in [3.63, 3.8) is 0 Å². The Labute approximate surface area is 174 Å². The fraction of sp³-hybridized carbons (Fsp3) is 0.429. The summed E-state index contributed by atoms with van der Waals surface area (Å²) in [7, 11) is 1.59. The molecule has 1 aliphatic rings. The van der Waals surface area contributed by atoms with Crippen molar-refractivity contribution < 1.29 is 9.53 Å². The monoisotopic (exact) mass is 411 g/mol. The SMILES string of the molecule is COCCC(=O)Nc1nc2c(s1)-c1c(c(-c3ccc(C)nc3)nn1C(C)C)CC2. The van der Waals surface area contributed by atoms with Crippen LogP contribution < -0.4 is 5.32 Å². The number of hydrogen-bond donors (Lipinski definition) is 1. The Morgan fingerprint density at radius 2 is 2.17 bits per heavy atom. The number of thiazole rings is 1. The van der Waals surface area contributed by atoms with Crippen LogP contribution in [0.1, 0.15) is 43.3 Å². The Morgan fingerprint density at radius 3 is 2.86 bits per heavy atom. The number of fused-ring (bicyclic) bond motifs is 3. The Kier molecular flexibility index (Phi) is 5.47. The molecule has 3 aromatic rings. The number of aromatic nitrogens is 4. The van der Waals surface area contributed by atoms with Gasteiger partial charge in [0.05, 0.1) is 35.0 Å². The zero-order chi connectivity index (χ0) is 20.5. The van der Waals surface area contributed by atoms with Gasteiger partial charge in [-0.1, -0.05) is 11.3 Å². The summed E-state index contributed by atoms with van der Waals surface area (Å²) in [5.41, 5.74) is 6.40. The summed E-state index contributed by atoms with van der Waals surface area (Å²) in [5.74, 6) is -0.0815. The van der Waals surface area contributed by atoms with Crippen LogP contribution in [0.3, 0.4) is 0 Å². The van der Waals surface area contributed by atoms with Gasteiger partial charge in [-0.25, -0.2) is 4.98 Å². The number of carbonyl (C=O) groups excluding carboxylic acids is 1. The van der Waals surface area contributed by atoms with Crippen LogP contribution in [-0.2, 0) is 22.4 Å². The lowest BCUT2D eigenvalue weighted by Crippen LogP contribution is -2.13. The molecule has 0 aromatic carbocycles. The van der Waals surface area contributed by atoms with Gasteiger partial charge < -0.3 is 10.1 Å². The average molecular weight is 412 g/mol. The van der Waals surface area contributed by atoms with E-state index in [0.717, 1.165) is 46.1 Å². The molecule has 0 spiro atoms. The van der Waals surface area contributed by atoms with E-state index in [0.29, 0.717) is 18.2 Å². The topological polar surface area (TPSA) is 81.9 Å². The summed E-state index contributed by atoms with van der Waals surface area (Å²) in [6, 6.07) is 4.31. The third-order valence-electron chi connectivity index (χ3n) is 4.99. The molecule has 4 rings (SSSR count). The summed E-state index contributed by atoms with van der Waals surface area (Å²) in [6.07, 6.45) is 3.93. The largest absolute Gasteiger partial charge is 0.384 e. The van der Waals surface area contributed by atoms with Gasteiger partial charge in [-0.05, 0) is 45.7 Å². The van der Waals surface area contributed by atoms with Gasteiger partial charge in [0.2, 0.25) is 5.91 Å². The minimum Gasteiger partial charge on any atom is -0.384 e. The van der Waals surface area contributed by atoms with E-state index in [-0.39, 0.29) is 11.9 Å². The zero-order valence-electron chi connectivity index (χ0n) is 17.2. The Balaban J connectivity index is 1.74. The number of methoxy groups -OCH3 is 1. The normalized spacial score (nSPS) is 12.7. The quantitative estimate of drug-likeness (QED) is 0.662. The first-order valence-electron chi connectivity index (χ1n) is 9.81. The molecule has 0 saturated carbocycles. The highest BCUT2D eigenvalue weighted by atomic mass is 32.1. The highest BCUT2D eigenvalue weighted by Crippen LogP contribution is 2.44. The number of amides is 1. The lowest BCUT2D eigenvalue weighted by Gasteiger charge is -2.15. The maximum atomic E-state index is 12.1. The Bertz CT molecular complexity index is 1040. The van der Waals surface area contributed by atoms with Gasteiger partial charge in [0.1, 0.15) is 0 Å². The Morgan fingerprint density at radius 1 is 1.34 bits per heavy atom. The number of nitrogens with one attached hydrogen (secondary N) is 1. The van der Waals surface area contributed by atoms with Crippen LogP contribution in [0.2, 0.25) is 0 Å². The molecule has 3 heterocycles. The number of anilines is 1. The van der Waals surface area contributed by atoms with Gasteiger partial charge in [-0.15, -0.1) is 0 Å². The molecule has 1 N–H and O–H groups in total. The molecular formula is C21H25N5O2S. The molecule has 152 valence electrons. The molecule has 0 aliphatic heterocycles. The predicted octanol–water partition coefficient (Wildman–Crippen LogP) is 4.03. The molecule has 3 aromatic heterocycles. The lowest BCUT2D eigenvalue weighted by molar-refractivity contribution is -0.117. The van der Waals surface area contributed by atoms with E-state index in [2.05, 4.69) is 39.9 Å². The molecule has 0 fully saturated rings. The van der Waals surface area contributed by atoms with Crippen molar-refractivity contribution in [1.29, 1.82) is 0 Å². The third kappa shape index (κ3) is 3.82. The minimum atomic E-state index is -0.0815. The van der Waals surface area contributed by atoms with Crippen molar-refractivity contribution >= 4 is 22.4 Å². The first kappa shape index (κ1) is 19.7. The van der Waals surface area contributed by atoms with Crippen molar-refractivity contribution in [2.75, 3.05) is 19.0 Å². The second-order valence-corrected chi connectivity index (χ2v) is 8.49. The molecule has 0 saturated heterocycles. The van der Waals surface area contributed by atoms with Crippen molar-refractivity contribution in [1.82, 2.24) is 19.7 Å². The van der Waals surface area contributed by atoms with Crippen LogP contribution in [-0.4, -0.2) is 39.4 Å². The van der Waals surface area contributed by atoms with Crippen molar-refractivity contribution in [3.05, 3.63) is 35.3 Å². The summed E-state index contributed by atoms with van der Waals surface area (Å²) in [5, 5.41) is 8.50. The van der Waals surface area contributed by atoms with E-state index >= 15 is 0 Å². The molecule has 0 unspecified atom stereocenters. The smallest absolute Gasteiger partial charge is 0.228 e. The number of nitrogens with zero attached hydrogens (tertiary/aromatic N) is 4. The molecular weight excluding hydrogens is 386 g/mol. The first-order chi connectivity index (χ1) is 14.0. The second-order valence-electron chi connectivity index (χ2n) is 7.49. The van der Waals surface area contributed by atoms with Gasteiger partial charge in [0.25, 0.3) is 0 Å².